The molecule has 0 amide bonds. The molecule has 0 radical (unpaired) electrons. The van der Waals surface area contributed by atoms with Crippen molar-refractivity contribution in [3.8, 4) is 0 Å². The summed E-state index contributed by atoms with van der Waals surface area (Å²) in [6.45, 7) is 3.27. The van der Waals surface area contributed by atoms with E-state index in [9.17, 15) is 13.6 Å². The molecule has 0 heterocycles. The van der Waals surface area contributed by atoms with Gasteiger partial charge in [0.2, 0.25) is 0 Å². The molecule has 0 bridgehead atoms. The number of carbonyl (C=O) groups is 1. The Hall–Kier alpha value is -2.43. The second-order valence-corrected chi connectivity index (χ2v) is 4.78. The Balaban J connectivity index is 2.34. The minimum absolute atomic E-state index is 0.0716. The maximum Gasteiger partial charge on any atom is 0.336 e. The van der Waals surface area contributed by atoms with E-state index in [2.05, 4.69) is 5.32 Å². The van der Waals surface area contributed by atoms with Crippen molar-refractivity contribution < 1.29 is 18.7 Å². The zero-order valence-electron chi connectivity index (χ0n) is 11.7. The summed E-state index contributed by atoms with van der Waals surface area (Å²) < 4.78 is 27.5. The zero-order valence-corrected chi connectivity index (χ0v) is 11.7. The van der Waals surface area contributed by atoms with Crippen LogP contribution in [-0.2, 0) is 0 Å². The average Bonchev–Trinajstić information content (AvgIpc) is 2.40. The first-order valence-corrected chi connectivity index (χ1v) is 6.45. The average molecular weight is 291 g/mol. The minimum Gasteiger partial charge on any atom is -0.478 e. The molecule has 2 N–H and O–H groups in total. The molecule has 2 rings (SSSR count). The van der Waals surface area contributed by atoms with Gasteiger partial charge >= 0.3 is 5.97 Å². The number of carboxylic acid groups (broad SMARTS) is 1. The predicted octanol–water partition coefficient (Wildman–Crippen LogP) is 4.14. The quantitative estimate of drug-likeness (QED) is 0.890. The normalized spacial score (nSPS) is 12.0. The maximum absolute atomic E-state index is 13.7. The third-order valence-corrected chi connectivity index (χ3v) is 3.37. The fraction of sp³-hybridized carbons (Fsp3) is 0.188. The molecule has 3 nitrogen and oxygen atoms in total. The molecular formula is C16H15F2NO2. The van der Waals surface area contributed by atoms with Gasteiger partial charge in [-0.05, 0) is 43.7 Å². The van der Waals surface area contributed by atoms with E-state index in [-0.39, 0.29) is 11.1 Å². The van der Waals surface area contributed by atoms with Crippen molar-refractivity contribution in [1.82, 2.24) is 0 Å². The molecule has 110 valence electrons. The Kier molecular flexibility index (Phi) is 4.21. The number of rotatable bonds is 4. The second kappa shape index (κ2) is 5.91. The number of nitrogens with one attached hydrogen (secondary N) is 1. The molecule has 0 spiro atoms. The SMILES string of the molecule is Cc1c(NC(C)c2c(F)cccc2F)cccc1C(=O)O. The molecule has 0 aliphatic carbocycles. The van der Waals surface area contributed by atoms with Gasteiger partial charge in [0, 0.05) is 11.3 Å². The first-order valence-electron chi connectivity index (χ1n) is 6.45. The van der Waals surface area contributed by atoms with Gasteiger partial charge in [-0.15, -0.1) is 0 Å². The van der Waals surface area contributed by atoms with Crippen molar-refractivity contribution >= 4 is 11.7 Å². The van der Waals surface area contributed by atoms with Crippen LogP contribution in [0.2, 0.25) is 0 Å². The molecule has 0 saturated carbocycles. The van der Waals surface area contributed by atoms with Crippen LogP contribution in [0.15, 0.2) is 36.4 Å². The van der Waals surface area contributed by atoms with Crippen LogP contribution in [0, 0.1) is 18.6 Å². The molecule has 0 aromatic heterocycles. The highest BCUT2D eigenvalue weighted by molar-refractivity contribution is 5.91. The summed E-state index contributed by atoms with van der Waals surface area (Å²) in [5, 5.41) is 12.0. The van der Waals surface area contributed by atoms with Gasteiger partial charge in [-0.3, -0.25) is 0 Å². The van der Waals surface area contributed by atoms with Gasteiger partial charge in [-0.25, -0.2) is 13.6 Å². The summed E-state index contributed by atoms with van der Waals surface area (Å²) in [5.74, 6) is -2.31. The molecule has 5 heteroatoms. The van der Waals surface area contributed by atoms with Crippen LogP contribution in [0.25, 0.3) is 0 Å². The largest absolute Gasteiger partial charge is 0.478 e. The van der Waals surface area contributed by atoms with Crippen molar-refractivity contribution in [2.24, 2.45) is 0 Å². The van der Waals surface area contributed by atoms with Gasteiger partial charge in [0.05, 0.1) is 11.6 Å². The number of benzene rings is 2. The van der Waals surface area contributed by atoms with Gasteiger partial charge in [-0.2, -0.15) is 0 Å². The lowest BCUT2D eigenvalue weighted by atomic mass is 10.0. The standard InChI is InChI=1S/C16H15F2NO2/c1-9-11(16(20)21)5-3-8-14(9)19-10(2)15-12(17)6-4-7-13(15)18/h3-8,10,19H,1-2H3,(H,20,21). The van der Waals surface area contributed by atoms with E-state index in [4.69, 9.17) is 5.11 Å². The van der Waals surface area contributed by atoms with E-state index in [1.807, 2.05) is 0 Å². The first kappa shape index (κ1) is 15.0. The minimum atomic E-state index is -1.04. The summed E-state index contributed by atoms with van der Waals surface area (Å²) in [5.41, 5.74) is 1.14. The van der Waals surface area contributed by atoms with Gasteiger partial charge in [-0.1, -0.05) is 12.1 Å². The molecular weight excluding hydrogens is 276 g/mol. The van der Waals surface area contributed by atoms with Gasteiger partial charge in [0.25, 0.3) is 0 Å². The van der Waals surface area contributed by atoms with Gasteiger partial charge in [0.1, 0.15) is 11.6 Å². The molecule has 2 aromatic rings. The van der Waals surface area contributed by atoms with Crippen LogP contribution >= 0.6 is 0 Å². The van der Waals surface area contributed by atoms with Gasteiger partial charge < -0.3 is 10.4 Å². The zero-order chi connectivity index (χ0) is 15.6. The van der Waals surface area contributed by atoms with Gasteiger partial charge in [0.15, 0.2) is 0 Å². The molecule has 2 aromatic carbocycles. The van der Waals surface area contributed by atoms with Crippen LogP contribution in [0.4, 0.5) is 14.5 Å². The topological polar surface area (TPSA) is 49.3 Å². The summed E-state index contributed by atoms with van der Waals surface area (Å²) in [7, 11) is 0. The Bertz CT molecular complexity index is 666. The Morgan fingerprint density at radius 2 is 1.71 bits per heavy atom. The molecule has 0 saturated heterocycles. The Morgan fingerprint density at radius 1 is 1.14 bits per heavy atom. The van der Waals surface area contributed by atoms with E-state index in [1.54, 1.807) is 26.0 Å². The van der Waals surface area contributed by atoms with Crippen LogP contribution in [0.3, 0.4) is 0 Å². The molecule has 21 heavy (non-hydrogen) atoms. The molecule has 1 unspecified atom stereocenters. The number of hydrogen-bond donors (Lipinski definition) is 2. The van der Waals surface area contributed by atoms with Crippen molar-refractivity contribution in [2.45, 2.75) is 19.9 Å². The van der Waals surface area contributed by atoms with Crippen molar-refractivity contribution in [3.05, 3.63) is 64.7 Å². The summed E-state index contributed by atoms with van der Waals surface area (Å²) in [6, 6.07) is 7.80. The van der Waals surface area contributed by atoms with Crippen molar-refractivity contribution in [1.29, 1.82) is 0 Å². The smallest absolute Gasteiger partial charge is 0.336 e. The summed E-state index contributed by atoms with van der Waals surface area (Å²) in [6.07, 6.45) is 0. The summed E-state index contributed by atoms with van der Waals surface area (Å²) >= 11 is 0. The number of hydrogen-bond acceptors (Lipinski definition) is 2. The van der Waals surface area contributed by atoms with E-state index in [0.717, 1.165) is 0 Å². The molecule has 0 aliphatic heterocycles. The number of anilines is 1. The third-order valence-electron chi connectivity index (χ3n) is 3.37. The highest BCUT2D eigenvalue weighted by Gasteiger charge is 2.17. The lowest BCUT2D eigenvalue weighted by Gasteiger charge is -2.19. The number of carboxylic acids is 1. The maximum atomic E-state index is 13.7. The van der Waals surface area contributed by atoms with Crippen LogP contribution < -0.4 is 5.32 Å². The van der Waals surface area contributed by atoms with Crippen LogP contribution in [-0.4, -0.2) is 11.1 Å². The lowest BCUT2D eigenvalue weighted by Crippen LogP contribution is -2.13. The third kappa shape index (κ3) is 3.02. The Labute approximate surface area is 121 Å². The predicted molar refractivity (Wildman–Crippen MR) is 76.5 cm³/mol. The van der Waals surface area contributed by atoms with Crippen LogP contribution in [0.5, 0.6) is 0 Å². The highest BCUT2D eigenvalue weighted by atomic mass is 19.1. The first-order chi connectivity index (χ1) is 9.91. The second-order valence-electron chi connectivity index (χ2n) is 4.78. The van der Waals surface area contributed by atoms with E-state index >= 15 is 0 Å². The van der Waals surface area contributed by atoms with E-state index in [1.165, 1.54) is 24.3 Å². The molecule has 0 fully saturated rings. The monoisotopic (exact) mass is 291 g/mol. The lowest BCUT2D eigenvalue weighted by molar-refractivity contribution is 0.0696. The fourth-order valence-corrected chi connectivity index (χ4v) is 2.25. The fourth-order valence-electron chi connectivity index (χ4n) is 2.25. The number of aromatic carboxylic acids is 1. The highest BCUT2D eigenvalue weighted by Crippen LogP contribution is 2.27. The van der Waals surface area contributed by atoms with Crippen molar-refractivity contribution in [2.75, 3.05) is 5.32 Å². The number of halogens is 2. The Morgan fingerprint density at radius 3 is 2.29 bits per heavy atom. The van der Waals surface area contributed by atoms with Crippen molar-refractivity contribution in [3.63, 3.8) is 0 Å². The summed E-state index contributed by atoms with van der Waals surface area (Å²) in [4.78, 5) is 11.1. The van der Waals surface area contributed by atoms with E-state index < -0.39 is 23.6 Å². The molecule has 0 aliphatic rings. The van der Waals surface area contributed by atoms with E-state index in [0.29, 0.717) is 11.3 Å². The van der Waals surface area contributed by atoms with Crippen LogP contribution in [0.1, 0.15) is 34.5 Å². The molecule has 1 atom stereocenters.